The van der Waals surface area contributed by atoms with Gasteiger partial charge in [0.2, 0.25) is 4.71 Å². The van der Waals surface area contributed by atoms with Crippen molar-refractivity contribution in [3.63, 3.8) is 0 Å². The molecule has 6 heteroatoms. The molecule has 0 spiro atoms. The first-order valence-corrected chi connectivity index (χ1v) is 6.74. The number of amides is 1. The Morgan fingerprint density at radius 1 is 1.43 bits per heavy atom. The van der Waals surface area contributed by atoms with Gasteiger partial charge in [-0.25, -0.2) is 8.42 Å². The maximum atomic E-state index is 11.2. The van der Waals surface area contributed by atoms with Crippen LogP contribution < -0.4 is 5.32 Å². The molecule has 0 aliphatic rings. The van der Waals surface area contributed by atoms with Gasteiger partial charge in [-0.3, -0.25) is 4.79 Å². The second kappa shape index (κ2) is 6.24. The predicted molar refractivity (Wildman–Crippen MR) is 57.0 cm³/mol. The fourth-order valence-corrected chi connectivity index (χ4v) is 1.94. The number of hydrogen-bond acceptors (Lipinski definition) is 3. The van der Waals surface area contributed by atoms with Gasteiger partial charge < -0.3 is 5.32 Å². The van der Waals surface area contributed by atoms with Crippen molar-refractivity contribution in [1.82, 2.24) is 5.32 Å². The van der Waals surface area contributed by atoms with E-state index >= 15 is 0 Å². The standard InChI is InChI=1S/C8H16ClNO3S/c1-3-5-6-10-8(11)7(9)14(12,13)4-2/h7H,3-6H2,1-2H3,(H,10,11). The summed E-state index contributed by atoms with van der Waals surface area (Å²) in [5.41, 5.74) is 0. The van der Waals surface area contributed by atoms with Crippen molar-refractivity contribution >= 4 is 27.3 Å². The van der Waals surface area contributed by atoms with E-state index in [1.807, 2.05) is 6.92 Å². The molecule has 0 aliphatic heterocycles. The van der Waals surface area contributed by atoms with Gasteiger partial charge in [-0.1, -0.05) is 31.9 Å². The number of carbonyl (C=O) groups excluding carboxylic acids is 1. The van der Waals surface area contributed by atoms with Crippen molar-refractivity contribution in [2.24, 2.45) is 0 Å². The topological polar surface area (TPSA) is 63.2 Å². The zero-order valence-corrected chi connectivity index (χ0v) is 9.99. The van der Waals surface area contributed by atoms with Crippen LogP contribution in [0.3, 0.4) is 0 Å². The number of carbonyl (C=O) groups is 1. The molecule has 1 amide bonds. The van der Waals surface area contributed by atoms with E-state index in [0.29, 0.717) is 6.54 Å². The van der Waals surface area contributed by atoms with Crippen LogP contribution in [0.25, 0.3) is 0 Å². The van der Waals surface area contributed by atoms with Crippen molar-refractivity contribution in [2.45, 2.75) is 31.4 Å². The van der Waals surface area contributed by atoms with Crippen molar-refractivity contribution in [3.05, 3.63) is 0 Å². The lowest BCUT2D eigenvalue weighted by Gasteiger charge is -2.09. The van der Waals surface area contributed by atoms with Crippen LogP contribution in [0.2, 0.25) is 0 Å². The van der Waals surface area contributed by atoms with E-state index < -0.39 is 20.5 Å². The minimum atomic E-state index is -3.48. The van der Waals surface area contributed by atoms with Crippen LogP contribution in [-0.2, 0) is 14.6 Å². The lowest BCUT2D eigenvalue weighted by molar-refractivity contribution is -0.119. The Hall–Kier alpha value is -0.290. The molecule has 0 radical (unpaired) electrons. The minimum absolute atomic E-state index is 0.123. The van der Waals surface area contributed by atoms with Crippen LogP contribution >= 0.6 is 11.6 Å². The lowest BCUT2D eigenvalue weighted by atomic mass is 10.3. The maximum Gasteiger partial charge on any atom is 0.253 e. The Kier molecular flexibility index (Phi) is 6.11. The van der Waals surface area contributed by atoms with Crippen LogP contribution in [0.5, 0.6) is 0 Å². The molecule has 4 nitrogen and oxygen atoms in total. The normalized spacial score (nSPS) is 13.6. The lowest BCUT2D eigenvalue weighted by Crippen LogP contribution is -2.37. The van der Waals surface area contributed by atoms with E-state index in [-0.39, 0.29) is 5.75 Å². The summed E-state index contributed by atoms with van der Waals surface area (Å²) in [5.74, 6) is -0.746. The summed E-state index contributed by atoms with van der Waals surface area (Å²) in [7, 11) is -3.48. The molecule has 1 unspecified atom stereocenters. The molecule has 0 fully saturated rings. The van der Waals surface area contributed by atoms with Gasteiger partial charge in [0.1, 0.15) is 0 Å². The van der Waals surface area contributed by atoms with Crippen LogP contribution in [0.1, 0.15) is 26.7 Å². The summed E-state index contributed by atoms with van der Waals surface area (Å²) in [4.78, 5) is 11.2. The summed E-state index contributed by atoms with van der Waals surface area (Å²) in [5, 5.41) is 2.47. The molecule has 14 heavy (non-hydrogen) atoms. The Morgan fingerprint density at radius 2 is 2.00 bits per heavy atom. The molecule has 0 heterocycles. The molecular weight excluding hydrogens is 226 g/mol. The molecule has 0 aliphatic carbocycles. The molecule has 0 bridgehead atoms. The average Bonchev–Trinajstić information content (AvgIpc) is 2.17. The summed E-state index contributed by atoms with van der Waals surface area (Å²) in [6.45, 7) is 3.91. The van der Waals surface area contributed by atoms with E-state index in [2.05, 4.69) is 5.32 Å². The first-order valence-electron chi connectivity index (χ1n) is 4.59. The van der Waals surface area contributed by atoms with Gasteiger partial charge in [-0.15, -0.1) is 0 Å². The number of unbranched alkanes of at least 4 members (excludes halogenated alkanes) is 1. The van der Waals surface area contributed by atoms with Crippen LogP contribution in [0.4, 0.5) is 0 Å². The number of rotatable bonds is 6. The van der Waals surface area contributed by atoms with Gasteiger partial charge in [0, 0.05) is 12.3 Å². The first-order chi connectivity index (χ1) is 6.45. The third kappa shape index (κ3) is 4.28. The molecule has 0 aromatic heterocycles. The highest BCUT2D eigenvalue weighted by atomic mass is 35.5. The van der Waals surface area contributed by atoms with E-state index in [0.717, 1.165) is 12.8 Å². The van der Waals surface area contributed by atoms with E-state index in [4.69, 9.17) is 11.6 Å². The molecule has 1 N–H and O–H groups in total. The highest BCUT2D eigenvalue weighted by Crippen LogP contribution is 2.07. The number of hydrogen-bond donors (Lipinski definition) is 1. The molecular formula is C8H16ClNO3S. The third-order valence-corrected chi connectivity index (χ3v) is 4.42. The summed E-state index contributed by atoms with van der Waals surface area (Å²) in [6.07, 6.45) is 1.76. The van der Waals surface area contributed by atoms with Crippen LogP contribution in [0.15, 0.2) is 0 Å². The molecule has 0 saturated carbocycles. The third-order valence-electron chi connectivity index (χ3n) is 1.75. The van der Waals surface area contributed by atoms with Gasteiger partial charge >= 0.3 is 0 Å². The minimum Gasteiger partial charge on any atom is -0.354 e. The zero-order valence-electron chi connectivity index (χ0n) is 8.42. The van der Waals surface area contributed by atoms with Gasteiger partial charge in [-0.05, 0) is 6.42 Å². The van der Waals surface area contributed by atoms with Crippen molar-refractivity contribution in [1.29, 1.82) is 0 Å². The van der Waals surface area contributed by atoms with Crippen LogP contribution in [-0.4, -0.2) is 31.3 Å². The smallest absolute Gasteiger partial charge is 0.253 e. The Morgan fingerprint density at radius 3 is 2.43 bits per heavy atom. The van der Waals surface area contributed by atoms with Crippen molar-refractivity contribution in [2.75, 3.05) is 12.3 Å². The van der Waals surface area contributed by atoms with Gasteiger partial charge in [0.25, 0.3) is 5.91 Å². The monoisotopic (exact) mass is 241 g/mol. The highest BCUT2D eigenvalue weighted by Gasteiger charge is 2.28. The van der Waals surface area contributed by atoms with Crippen molar-refractivity contribution in [3.8, 4) is 0 Å². The highest BCUT2D eigenvalue weighted by molar-refractivity contribution is 7.94. The molecule has 0 rings (SSSR count). The second-order valence-corrected chi connectivity index (χ2v) is 5.98. The molecule has 0 aromatic carbocycles. The summed E-state index contributed by atoms with van der Waals surface area (Å²) >= 11 is 5.50. The molecule has 1 atom stereocenters. The molecule has 0 aromatic rings. The van der Waals surface area contributed by atoms with E-state index in [1.54, 1.807) is 0 Å². The van der Waals surface area contributed by atoms with Gasteiger partial charge in [0.05, 0.1) is 0 Å². The van der Waals surface area contributed by atoms with E-state index in [1.165, 1.54) is 6.92 Å². The average molecular weight is 242 g/mol. The Labute approximate surface area is 89.9 Å². The summed E-state index contributed by atoms with van der Waals surface area (Å²) < 4.78 is 20.9. The number of halogens is 1. The fourth-order valence-electron chi connectivity index (χ4n) is 0.778. The second-order valence-electron chi connectivity index (χ2n) is 2.91. The zero-order chi connectivity index (χ0) is 11.2. The van der Waals surface area contributed by atoms with Crippen molar-refractivity contribution < 1.29 is 13.2 Å². The quantitative estimate of drug-likeness (QED) is 0.555. The maximum absolute atomic E-state index is 11.2. The predicted octanol–water partition coefficient (Wildman–Crippen LogP) is 0.902. The molecule has 0 saturated heterocycles. The number of nitrogens with one attached hydrogen (secondary N) is 1. The number of sulfone groups is 1. The fraction of sp³-hybridized carbons (Fsp3) is 0.875. The molecule has 84 valence electrons. The van der Waals surface area contributed by atoms with Crippen LogP contribution in [0, 0.1) is 0 Å². The van der Waals surface area contributed by atoms with Gasteiger partial charge in [-0.2, -0.15) is 0 Å². The largest absolute Gasteiger partial charge is 0.354 e. The Bertz CT molecular complexity index is 276. The Balaban J connectivity index is 4.13. The number of alkyl halides is 1. The van der Waals surface area contributed by atoms with E-state index in [9.17, 15) is 13.2 Å². The SMILES string of the molecule is CCCCNC(=O)C(Cl)S(=O)(=O)CC. The first kappa shape index (κ1) is 13.7. The summed E-state index contributed by atoms with van der Waals surface area (Å²) in [6, 6.07) is 0. The van der Waals surface area contributed by atoms with Gasteiger partial charge in [0.15, 0.2) is 9.84 Å².